The maximum absolute atomic E-state index is 9.80. The van der Waals surface area contributed by atoms with E-state index in [9.17, 15) is 5.11 Å². The molecule has 0 saturated carbocycles. The van der Waals surface area contributed by atoms with Crippen LogP contribution < -0.4 is 0 Å². The van der Waals surface area contributed by atoms with Gasteiger partial charge in [-0.15, -0.1) is 0 Å². The first-order chi connectivity index (χ1) is 11.7. The molecular formula is C22H17BrO. The molecule has 0 fully saturated rings. The molecule has 0 radical (unpaired) electrons. The molecule has 24 heavy (non-hydrogen) atoms. The summed E-state index contributed by atoms with van der Waals surface area (Å²) in [5, 5.41) is 9.80. The summed E-state index contributed by atoms with van der Waals surface area (Å²) in [6.45, 7) is 0. The van der Waals surface area contributed by atoms with Crippen LogP contribution in [0.15, 0.2) is 71.2 Å². The number of hydrogen-bond acceptors (Lipinski definition) is 1. The number of fused-ring (bicyclic) bond motifs is 2. The summed E-state index contributed by atoms with van der Waals surface area (Å²) in [6.07, 6.45) is 4.23. The van der Waals surface area contributed by atoms with E-state index in [2.05, 4.69) is 64.5 Å². The van der Waals surface area contributed by atoms with Crippen LogP contribution in [0.2, 0.25) is 0 Å². The predicted molar refractivity (Wildman–Crippen MR) is 103 cm³/mol. The van der Waals surface area contributed by atoms with Crippen LogP contribution in [0.5, 0.6) is 5.75 Å². The van der Waals surface area contributed by atoms with Gasteiger partial charge in [0.25, 0.3) is 0 Å². The Morgan fingerprint density at radius 2 is 1.62 bits per heavy atom. The minimum absolute atomic E-state index is 0.292. The first-order valence-corrected chi connectivity index (χ1v) is 8.88. The molecule has 2 heteroatoms. The smallest absolute Gasteiger partial charge is 0.116 e. The van der Waals surface area contributed by atoms with Crippen LogP contribution >= 0.6 is 15.9 Å². The molecule has 0 aliphatic heterocycles. The number of rotatable bonds is 1. The highest BCUT2D eigenvalue weighted by atomic mass is 79.9. The van der Waals surface area contributed by atoms with Gasteiger partial charge in [0.1, 0.15) is 5.75 Å². The van der Waals surface area contributed by atoms with Gasteiger partial charge >= 0.3 is 0 Å². The third-order valence-corrected chi connectivity index (χ3v) is 5.29. The lowest BCUT2D eigenvalue weighted by molar-refractivity contribution is 0.475. The van der Waals surface area contributed by atoms with E-state index in [0.29, 0.717) is 5.75 Å². The van der Waals surface area contributed by atoms with Gasteiger partial charge in [-0.1, -0.05) is 64.5 Å². The van der Waals surface area contributed by atoms with Crippen LogP contribution in [-0.2, 0) is 12.8 Å². The van der Waals surface area contributed by atoms with Crippen molar-refractivity contribution in [3.05, 3.63) is 99.0 Å². The molecule has 0 heterocycles. The maximum atomic E-state index is 9.80. The van der Waals surface area contributed by atoms with Crippen molar-refractivity contribution in [3.8, 4) is 5.75 Å². The van der Waals surface area contributed by atoms with Crippen molar-refractivity contribution < 1.29 is 5.11 Å². The van der Waals surface area contributed by atoms with Crippen LogP contribution in [0.3, 0.4) is 0 Å². The molecule has 0 spiro atoms. The van der Waals surface area contributed by atoms with Crippen molar-refractivity contribution in [2.24, 2.45) is 0 Å². The molecule has 3 aromatic carbocycles. The second-order valence-corrected chi connectivity index (χ2v) is 6.93. The summed E-state index contributed by atoms with van der Waals surface area (Å²) < 4.78 is 1.16. The van der Waals surface area contributed by atoms with Crippen LogP contribution in [0.25, 0.3) is 11.6 Å². The molecule has 0 amide bonds. The second kappa shape index (κ2) is 6.29. The normalized spacial score (nSPS) is 14.8. The second-order valence-electron chi connectivity index (χ2n) is 6.08. The van der Waals surface area contributed by atoms with E-state index in [1.807, 2.05) is 12.1 Å². The highest BCUT2D eigenvalue weighted by Crippen LogP contribution is 2.37. The van der Waals surface area contributed by atoms with Crippen molar-refractivity contribution in [1.82, 2.24) is 0 Å². The van der Waals surface area contributed by atoms with Crippen molar-refractivity contribution in [3.63, 3.8) is 0 Å². The standard InChI is InChI=1S/C22H17BrO/c23-22-10-4-9-19-20(22)12-11-16-6-1-2-8-18(16)21(19)14-15-5-3-7-17(24)13-15/h1-10,13-14,24H,11-12H2/b21-14-. The van der Waals surface area contributed by atoms with E-state index < -0.39 is 0 Å². The zero-order chi connectivity index (χ0) is 16.5. The van der Waals surface area contributed by atoms with Gasteiger partial charge < -0.3 is 5.11 Å². The fourth-order valence-corrected chi connectivity index (χ4v) is 3.97. The molecule has 4 rings (SSSR count). The first kappa shape index (κ1) is 15.2. The molecule has 1 nitrogen and oxygen atoms in total. The van der Waals surface area contributed by atoms with Crippen molar-refractivity contribution >= 4 is 27.6 Å². The van der Waals surface area contributed by atoms with Crippen LogP contribution in [-0.4, -0.2) is 5.11 Å². The highest BCUT2D eigenvalue weighted by Gasteiger charge is 2.19. The van der Waals surface area contributed by atoms with E-state index in [1.165, 1.54) is 27.8 Å². The molecule has 1 aliphatic rings. The Bertz CT molecular complexity index is 940. The summed E-state index contributed by atoms with van der Waals surface area (Å²) >= 11 is 3.72. The molecule has 118 valence electrons. The van der Waals surface area contributed by atoms with E-state index in [-0.39, 0.29) is 0 Å². The van der Waals surface area contributed by atoms with Crippen molar-refractivity contribution in [2.45, 2.75) is 12.8 Å². The van der Waals surface area contributed by atoms with Crippen molar-refractivity contribution in [2.75, 3.05) is 0 Å². The molecule has 0 atom stereocenters. The van der Waals surface area contributed by atoms with Gasteiger partial charge in [-0.3, -0.25) is 0 Å². The van der Waals surface area contributed by atoms with E-state index in [0.717, 1.165) is 22.9 Å². The molecule has 1 aliphatic carbocycles. The molecule has 0 saturated heterocycles. The van der Waals surface area contributed by atoms with Crippen molar-refractivity contribution in [1.29, 1.82) is 0 Å². The highest BCUT2D eigenvalue weighted by molar-refractivity contribution is 9.10. The topological polar surface area (TPSA) is 20.2 Å². The minimum Gasteiger partial charge on any atom is -0.508 e. The predicted octanol–water partition coefficient (Wildman–Crippen LogP) is 5.84. The number of aryl methyl sites for hydroxylation is 1. The summed E-state index contributed by atoms with van der Waals surface area (Å²) in [5.74, 6) is 0.292. The molecule has 3 aromatic rings. The zero-order valence-electron chi connectivity index (χ0n) is 13.2. The molecule has 0 unspecified atom stereocenters. The van der Waals surface area contributed by atoms with Gasteiger partial charge in [-0.25, -0.2) is 0 Å². The third-order valence-electron chi connectivity index (χ3n) is 4.54. The fraction of sp³-hybridized carbons (Fsp3) is 0.0909. The SMILES string of the molecule is Oc1cccc(/C=C2/c3ccccc3CCc3c(Br)cccc32)c1. The Kier molecular flexibility index (Phi) is 3.99. The summed E-state index contributed by atoms with van der Waals surface area (Å²) in [7, 11) is 0. The lowest BCUT2D eigenvalue weighted by Crippen LogP contribution is -1.93. The Hall–Kier alpha value is -2.32. The molecule has 0 aromatic heterocycles. The maximum Gasteiger partial charge on any atom is 0.116 e. The minimum atomic E-state index is 0.292. The van der Waals surface area contributed by atoms with Gasteiger partial charge in [0, 0.05) is 4.47 Å². The van der Waals surface area contributed by atoms with Gasteiger partial charge in [0.15, 0.2) is 0 Å². The third kappa shape index (κ3) is 2.78. The Balaban J connectivity index is 1.99. The lowest BCUT2D eigenvalue weighted by Gasteiger charge is -2.13. The number of phenols is 1. The number of hydrogen-bond donors (Lipinski definition) is 1. The van der Waals surface area contributed by atoms with E-state index >= 15 is 0 Å². The van der Waals surface area contributed by atoms with Crippen LogP contribution in [0.4, 0.5) is 0 Å². The van der Waals surface area contributed by atoms with Gasteiger partial charge in [-0.05, 0) is 70.5 Å². The monoisotopic (exact) mass is 376 g/mol. The van der Waals surface area contributed by atoms with Crippen LogP contribution in [0, 0.1) is 0 Å². The van der Waals surface area contributed by atoms with E-state index in [4.69, 9.17) is 0 Å². The Morgan fingerprint density at radius 1 is 0.833 bits per heavy atom. The average molecular weight is 377 g/mol. The van der Waals surface area contributed by atoms with Crippen LogP contribution in [0.1, 0.15) is 27.8 Å². The summed E-state index contributed by atoms with van der Waals surface area (Å²) in [4.78, 5) is 0. The first-order valence-electron chi connectivity index (χ1n) is 8.09. The summed E-state index contributed by atoms with van der Waals surface area (Å²) in [6, 6.07) is 22.4. The number of phenolic OH excluding ortho intramolecular Hbond substituents is 1. The fourth-order valence-electron chi connectivity index (χ4n) is 3.41. The lowest BCUT2D eigenvalue weighted by atomic mass is 9.92. The quantitative estimate of drug-likeness (QED) is 0.565. The molecule has 0 bridgehead atoms. The van der Waals surface area contributed by atoms with Gasteiger partial charge in [-0.2, -0.15) is 0 Å². The molecule has 1 N–H and O–H groups in total. The zero-order valence-corrected chi connectivity index (χ0v) is 14.8. The molecular weight excluding hydrogens is 360 g/mol. The largest absolute Gasteiger partial charge is 0.508 e. The van der Waals surface area contributed by atoms with E-state index in [1.54, 1.807) is 12.1 Å². The van der Waals surface area contributed by atoms with Gasteiger partial charge in [0.2, 0.25) is 0 Å². The Morgan fingerprint density at radius 3 is 2.50 bits per heavy atom. The number of halogens is 1. The Labute approximate surface area is 150 Å². The summed E-state index contributed by atoms with van der Waals surface area (Å²) in [5.41, 5.74) is 7.47. The number of benzene rings is 3. The number of aromatic hydroxyl groups is 1. The van der Waals surface area contributed by atoms with Gasteiger partial charge in [0.05, 0.1) is 0 Å². The average Bonchev–Trinajstić information content (AvgIpc) is 2.74.